The molecule has 0 spiro atoms. The molecule has 0 aliphatic carbocycles. The predicted octanol–water partition coefficient (Wildman–Crippen LogP) is 4.32. The molecule has 1 heterocycles. The highest BCUT2D eigenvalue weighted by molar-refractivity contribution is 9.10. The van der Waals surface area contributed by atoms with Gasteiger partial charge in [0.05, 0.1) is 5.56 Å². The van der Waals surface area contributed by atoms with Gasteiger partial charge in [0.1, 0.15) is 5.82 Å². The van der Waals surface area contributed by atoms with E-state index in [1.807, 2.05) is 30.3 Å². The first-order chi connectivity index (χ1) is 11.6. The van der Waals surface area contributed by atoms with Crippen LogP contribution in [0.1, 0.15) is 33.6 Å². The van der Waals surface area contributed by atoms with E-state index in [1.165, 1.54) is 12.1 Å². The Labute approximate surface area is 148 Å². The van der Waals surface area contributed by atoms with Gasteiger partial charge in [-0.1, -0.05) is 46.3 Å². The lowest BCUT2D eigenvalue weighted by Crippen LogP contribution is -2.40. The Morgan fingerprint density at radius 3 is 2.33 bits per heavy atom. The molecule has 2 aromatic rings. The molecule has 3 rings (SSSR count). The Kier molecular flexibility index (Phi) is 5.09. The summed E-state index contributed by atoms with van der Waals surface area (Å²) in [5.74, 6) is -0.800. The first-order valence-corrected chi connectivity index (χ1v) is 8.69. The summed E-state index contributed by atoms with van der Waals surface area (Å²) in [5.41, 5.74) is 0.785. The molecule has 1 aliphatic rings. The third-order valence-corrected chi connectivity index (χ3v) is 4.87. The maximum atomic E-state index is 14.0. The second kappa shape index (κ2) is 7.26. The van der Waals surface area contributed by atoms with E-state index in [-0.39, 0.29) is 23.2 Å². The number of Topliss-reactive ketones (excluding diaryl/α,β-unsaturated/α-hetero) is 1. The fraction of sp³-hybridized carbons (Fsp3) is 0.263. The number of carbonyl (C=O) groups is 2. The summed E-state index contributed by atoms with van der Waals surface area (Å²) in [6, 6.07) is 13.6. The van der Waals surface area contributed by atoms with Gasteiger partial charge in [-0.25, -0.2) is 4.39 Å². The molecule has 0 aromatic heterocycles. The highest BCUT2D eigenvalue weighted by Crippen LogP contribution is 2.24. The molecule has 124 valence electrons. The summed E-state index contributed by atoms with van der Waals surface area (Å²) >= 11 is 3.18. The number of ketones is 1. The lowest BCUT2D eigenvalue weighted by Gasteiger charge is -2.31. The van der Waals surface area contributed by atoms with Gasteiger partial charge in [-0.05, 0) is 31.0 Å². The fourth-order valence-corrected chi connectivity index (χ4v) is 3.35. The molecule has 1 fully saturated rings. The second-order valence-corrected chi connectivity index (χ2v) is 6.84. The van der Waals surface area contributed by atoms with Gasteiger partial charge in [0.2, 0.25) is 0 Å². The summed E-state index contributed by atoms with van der Waals surface area (Å²) in [5, 5.41) is 0. The van der Waals surface area contributed by atoms with Crippen LogP contribution in [0.2, 0.25) is 0 Å². The maximum absolute atomic E-state index is 14.0. The van der Waals surface area contributed by atoms with E-state index in [2.05, 4.69) is 15.9 Å². The number of hydrogen-bond acceptors (Lipinski definition) is 2. The lowest BCUT2D eigenvalue weighted by atomic mass is 9.88. The third-order valence-electron chi connectivity index (χ3n) is 4.37. The number of likely N-dealkylation sites (tertiary alicyclic amines) is 1. The number of hydrogen-bond donors (Lipinski definition) is 0. The third kappa shape index (κ3) is 3.56. The molecule has 24 heavy (non-hydrogen) atoms. The number of carbonyl (C=O) groups excluding carboxylic acids is 2. The van der Waals surface area contributed by atoms with Gasteiger partial charge in [-0.3, -0.25) is 9.59 Å². The van der Waals surface area contributed by atoms with Crippen molar-refractivity contribution >= 4 is 27.6 Å². The molecule has 3 nitrogen and oxygen atoms in total. The minimum absolute atomic E-state index is 0.0750. The largest absolute Gasteiger partial charge is 0.339 e. The Morgan fingerprint density at radius 2 is 1.71 bits per heavy atom. The van der Waals surface area contributed by atoms with Gasteiger partial charge in [0, 0.05) is 29.0 Å². The predicted molar refractivity (Wildman–Crippen MR) is 93.5 cm³/mol. The molecule has 0 bridgehead atoms. The molecule has 1 saturated heterocycles. The molecule has 1 aliphatic heterocycles. The van der Waals surface area contributed by atoms with Crippen LogP contribution in [0.25, 0.3) is 0 Å². The van der Waals surface area contributed by atoms with Crippen LogP contribution in [0, 0.1) is 11.7 Å². The first kappa shape index (κ1) is 16.8. The van der Waals surface area contributed by atoms with Crippen LogP contribution in [0.4, 0.5) is 4.39 Å². The second-order valence-electron chi connectivity index (χ2n) is 5.92. The summed E-state index contributed by atoms with van der Waals surface area (Å²) in [6.07, 6.45) is 1.22. The molecule has 5 heteroatoms. The Morgan fingerprint density at radius 1 is 1.04 bits per heavy atom. The molecule has 1 amide bonds. The summed E-state index contributed by atoms with van der Waals surface area (Å²) < 4.78 is 14.6. The molecule has 0 radical (unpaired) electrons. The minimum Gasteiger partial charge on any atom is -0.339 e. The fourth-order valence-electron chi connectivity index (χ4n) is 3.02. The van der Waals surface area contributed by atoms with Gasteiger partial charge in [-0.2, -0.15) is 0 Å². The number of amides is 1. The first-order valence-electron chi connectivity index (χ1n) is 7.90. The average Bonchev–Trinajstić information content (AvgIpc) is 2.61. The van der Waals surface area contributed by atoms with Crippen LogP contribution in [0.3, 0.4) is 0 Å². The van der Waals surface area contributed by atoms with Crippen LogP contribution >= 0.6 is 15.9 Å². The van der Waals surface area contributed by atoms with Crippen LogP contribution < -0.4 is 0 Å². The minimum atomic E-state index is -0.531. The van der Waals surface area contributed by atoms with Gasteiger partial charge in [0.25, 0.3) is 5.91 Å². The summed E-state index contributed by atoms with van der Waals surface area (Å²) in [4.78, 5) is 26.6. The van der Waals surface area contributed by atoms with E-state index in [0.29, 0.717) is 36.0 Å². The van der Waals surface area contributed by atoms with Crippen molar-refractivity contribution in [3.05, 3.63) is 69.9 Å². The highest BCUT2D eigenvalue weighted by Gasteiger charge is 2.29. The standard InChI is InChI=1S/C19H17BrFNO2/c20-15-6-7-16(17(21)12-15)19(24)22-10-8-14(9-11-22)18(23)13-4-2-1-3-5-13/h1-7,12,14H,8-11H2. The van der Waals surface area contributed by atoms with Crippen molar-refractivity contribution in [3.63, 3.8) is 0 Å². The zero-order valence-corrected chi connectivity index (χ0v) is 14.6. The van der Waals surface area contributed by atoms with Crippen molar-refractivity contribution in [2.24, 2.45) is 5.92 Å². The molecular formula is C19H17BrFNO2. The maximum Gasteiger partial charge on any atom is 0.256 e. The summed E-state index contributed by atoms with van der Waals surface area (Å²) in [7, 11) is 0. The zero-order valence-electron chi connectivity index (χ0n) is 13.0. The van der Waals surface area contributed by atoms with Crippen LogP contribution in [-0.2, 0) is 0 Å². The highest BCUT2D eigenvalue weighted by atomic mass is 79.9. The van der Waals surface area contributed by atoms with Gasteiger partial charge >= 0.3 is 0 Å². The zero-order chi connectivity index (χ0) is 17.1. The van der Waals surface area contributed by atoms with Crippen molar-refractivity contribution in [2.75, 3.05) is 13.1 Å². The van der Waals surface area contributed by atoms with E-state index < -0.39 is 5.82 Å². The van der Waals surface area contributed by atoms with E-state index in [9.17, 15) is 14.0 Å². The van der Waals surface area contributed by atoms with Crippen molar-refractivity contribution in [2.45, 2.75) is 12.8 Å². The Hall–Kier alpha value is -2.01. The van der Waals surface area contributed by atoms with Crippen molar-refractivity contribution in [1.82, 2.24) is 4.90 Å². The SMILES string of the molecule is O=C(c1ccccc1)C1CCN(C(=O)c2ccc(Br)cc2F)CC1. The normalized spacial score (nSPS) is 15.3. The number of piperidine rings is 1. The smallest absolute Gasteiger partial charge is 0.256 e. The Balaban J connectivity index is 1.64. The molecule has 2 aromatic carbocycles. The van der Waals surface area contributed by atoms with E-state index in [1.54, 1.807) is 11.0 Å². The van der Waals surface area contributed by atoms with E-state index in [0.717, 1.165) is 0 Å². The molecule has 0 atom stereocenters. The van der Waals surface area contributed by atoms with Crippen LogP contribution in [0.5, 0.6) is 0 Å². The van der Waals surface area contributed by atoms with Crippen LogP contribution in [0.15, 0.2) is 53.0 Å². The Bertz CT molecular complexity index is 755. The molecule has 0 saturated carbocycles. The van der Waals surface area contributed by atoms with E-state index in [4.69, 9.17) is 0 Å². The van der Waals surface area contributed by atoms with Crippen molar-refractivity contribution < 1.29 is 14.0 Å². The number of rotatable bonds is 3. The lowest BCUT2D eigenvalue weighted by molar-refractivity contribution is 0.0646. The summed E-state index contributed by atoms with van der Waals surface area (Å²) in [6.45, 7) is 0.940. The number of halogens is 2. The van der Waals surface area contributed by atoms with Gasteiger partial charge < -0.3 is 4.90 Å². The van der Waals surface area contributed by atoms with E-state index >= 15 is 0 Å². The molecular weight excluding hydrogens is 373 g/mol. The average molecular weight is 390 g/mol. The van der Waals surface area contributed by atoms with Crippen molar-refractivity contribution in [3.8, 4) is 0 Å². The molecule has 0 unspecified atom stereocenters. The number of nitrogens with zero attached hydrogens (tertiary/aromatic N) is 1. The van der Waals surface area contributed by atoms with Gasteiger partial charge in [0.15, 0.2) is 5.78 Å². The quantitative estimate of drug-likeness (QED) is 0.732. The van der Waals surface area contributed by atoms with Gasteiger partial charge in [-0.15, -0.1) is 0 Å². The van der Waals surface area contributed by atoms with Crippen LogP contribution in [-0.4, -0.2) is 29.7 Å². The monoisotopic (exact) mass is 389 g/mol. The van der Waals surface area contributed by atoms with Crippen molar-refractivity contribution in [1.29, 1.82) is 0 Å². The topological polar surface area (TPSA) is 37.4 Å². The molecule has 0 N–H and O–H groups in total. The number of benzene rings is 2.